The van der Waals surface area contributed by atoms with E-state index in [9.17, 15) is 5.11 Å². The average molecular weight is 258 g/mol. The lowest BCUT2D eigenvalue weighted by molar-refractivity contribution is 0.159. The van der Waals surface area contributed by atoms with Gasteiger partial charge in [0.25, 0.3) is 0 Å². The van der Waals surface area contributed by atoms with Gasteiger partial charge in [0.05, 0.1) is 11.8 Å². The van der Waals surface area contributed by atoms with Gasteiger partial charge in [-0.25, -0.2) is 0 Å². The zero-order chi connectivity index (χ0) is 13.2. The highest BCUT2D eigenvalue weighted by Gasteiger charge is 2.12. The smallest absolute Gasteiger partial charge is 0.198 e. The second-order valence-electron chi connectivity index (χ2n) is 4.93. The summed E-state index contributed by atoms with van der Waals surface area (Å²) < 4.78 is 0. The van der Waals surface area contributed by atoms with Crippen molar-refractivity contribution in [3.63, 3.8) is 0 Å². The molecule has 19 heavy (non-hydrogen) atoms. The number of hydrogen-bond acceptors (Lipinski definition) is 4. The fraction of sp³-hybridized carbons (Fsp3) is 0.357. The van der Waals surface area contributed by atoms with E-state index in [4.69, 9.17) is 0 Å². The molecule has 0 radical (unpaired) electrons. The first-order valence-electron chi connectivity index (χ1n) is 6.51. The Morgan fingerprint density at radius 1 is 1.21 bits per heavy atom. The summed E-state index contributed by atoms with van der Waals surface area (Å²) in [5, 5.41) is 17.4. The SMILES string of the molecule is CN1CCN(/N=C/c2c(O)[nH]c3ccccc23)CC1. The van der Waals surface area contributed by atoms with Crippen LogP contribution in [-0.4, -0.2) is 59.4 Å². The molecule has 1 aromatic carbocycles. The van der Waals surface area contributed by atoms with Crippen molar-refractivity contribution in [1.29, 1.82) is 0 Å². The predicted octanol–water partition coefficient (Wildman–Crippen LogP) is 1.45. The third-order valence-electron chi connectivity index (χ3n) is 3.56. The number of piperazine rings is 1. The van der Waals surface area contributed by atoms with Gasteiger partial charge in [0.2, 0.25) is 0 Å². The van der Waals surface area contributed by atoms with E-state index in [2.05, 4.69) is 22.0 Å². The van der Waals surface area contributed by atoms with Crippen LogP contribution in [0.3, 0.4) is 0 Å². The second kappa shape index (κ2) is 4.93. The molecule has 2 aromatic rings. The van der Waals surface area contributed by atoms with Crippen LogP contribution in [0.5, 0.6) is 5.88 Å². The zero-order valence-corrected chi connectivity index (χ0v) is 11.0. The molecule has 1 aliphatic heterocycles. The first-order valence-corrected chi connectivity index (χ1v) is 6.51. The fourth-order valence-corrected chi connectivity index (χ4v) is 2.33. The van der Waals surface area contributed by atoms with Crippen LogP contribution in [0, 0.1) is 0 Å². The molecular formula is C14H18N4O. The molecule has 2 N–H and O–H groups in total. The number of hydrazone groups is 1. The molecule has 0 saturated carbocycles. The Morgan fingerprint density at radius 2 is 1.95 bits per heavy atom. The Kier molecular flexibility index (Phi) is 3.13. The van der Waals surface area contributed by atoms with E-state index >= 15 is 0 Å². The molecule has 1 aromatic heterocycles. The lowest BCUT2D eigenvalue weighted by Gasteiger charge is -2.30. The van der Waals surface area contributed by atoms with Gasteiger partial charge in [0, 0.05) is 37.1 Å². The number of nitrogens with zero attached hydrogens (tertiary/aromatic N) is 3. The van der Waals surface area contributed by atoms with Crippen LogP contribution in [0.15, 0.2) is 29.4 Å². The number of aromatic amines is 1. The van der Waals surface area contributed by atoms with Crippen molar-refractivity contribution in [2.24, 2.45) is 5.10 Å². The molecule has 0 unspecified atom stereocenters. The minimum absolute atomic E-state index is 0.180. The van der Waals surface area contributed by atoms with Crippen molar-refractivity contribution in [2.45, 2.75) is 0 Å². The lowest BCUT2D eigenvalue weighted by Crippen LogP contribution is -2.41. The Balaban J connectivity index is 1.83. The molecule has 0 atom stereocenters. The van der Waals surface area contributed by atoms with Gasteiger partial charge in [0.15, 0.2) is 5.88 Å². The van der Waals surface area contributed by atoms with E-state index < -0.39 is 0 Å². The van der Waals surface area contributed by atoms with E-state index in [1.807, 2.05) is 29.3 Å². The summed E-state index contributed by atoms with van der Waals surface area (Å²) in [5.74, 6) is 0.180. The van der Waals surface area contributed by atoms with Crippen LogP contribution < -0.4 is 0 Å². The molecule has 0 bridgehead atoms. The highest BCUT2D eigenvalue weighted by Crippen LogP contribution is 2.25. The molecular weight excluding hydrogens is 240 g/mol. The third-order valence-corrected chi connectivity index (χ3v) is 3.56. The molecule has 0 aliphatic carbocycles. The van der Waals surface area contributed by atoms with Crippen molar-refractivity contribution in [3.8, 4) is 5.88 Å². The molecule has 1 aliphatic rings. The number of H-pyrrole nitrogens is 1. The predicted molar refractivity (Wildman–Crippen MR) is 76.6 cm³/mol. The van der Waals surface area contributed by atoms with Crippen LogP contribution >= 0.6 is 0 Å². The molecule has 5 heteroatoms. The maximum absolute atomic E-state index is 9.93. The zero-order valence-electron chi connectivity index (χ0n) is 11.0. The number of aromatic hydroxyl groups is 1. The van der Waals surface area contributed by atoms with Gasteiger partial charge in [-0.3, -0.25) is 5.01 Å². The number of fused-ring (bicyclic) bond motifs is 1. The number of aromatic nitrogens is 1. The first-order chi connectivity index (χ1) is 9.24. The molecule has 1 saturated heterocycles. The van der Waals surface area contributed by atoms with Gasteiger partial charge in [-0.2, -0.15) is 5.10 Å². The van der Waals surface area contributed by atoms with E-state index in [0.717, 1.165) is 42.6 Å². The van der Waals surface area contributed by atoms with Gasteiger partial charge < -0.3 is 15.0 Å². The normalized spacial score (nSPS) is 17.6. The summed E-state index contributed by atoms with van der Waals surface area (Å²) in [5.41, 5.74) is 1.69. The van der Waals surface area contributed by atoms with Crippen LogP contribution in [-0.2, 0) is 0 Å². The van der Waals surface area contributed by atoms with Crippen LogP contribution in [0.2, 0.25) is 0 Å². The highest BCUT2D eigenvalue weighted by molar-refractivity contribution is 6.01. The molecule has 5 nitrogen and oxygen atoms in total. The van der Waals surface area contributed by atoms with Gasteiger partial charge in [-0.05, 0) is 13.1 Å². The Labute approximate surface area is 112 Å². The monoisotopic (exact) mass is 258 g/mol. The highest BCUT2D eigenvalue weighted by atomic mass is 16.3. The molecule has 2 heterocycles. The van der Waals surface area contributed by atoms with Crippen molar-refractivity contribution >= 4 is 17.1 Å². The minimum atomic E-state index is 0.180. The maximum atomic E-state index is 9.93. The van der Waals surface area contributed by atoms with Gasteiger partial charge in [0.1, 0.15) is 0 Å². The Bertz CT molecular complexity index is 597. The van der Waals surface area contributed by atoms with Crippen molar-refractivity contribution < 1.29 is 5.11 Å². The van der Waals surface area contributed by atoms with E-state index in [0.29, 0.717) is 0 Å². The van der Waals surface area contributed by atoms with Crippen molar-refractivity contribution in [3.05, 3.63) is 29.8 Å². The quantitative estimate of drug-likeness (QED) is 0.802. The van der Waals surface area contributed by atoms with E-state index in [1.165, 1.54) is 0 Å². The van der Waals surface area contributed by atoms with Crippen molar-refractivity contribution in [2.75, 3.05) is 33.2 Å². The summed E-state index contributed by atoms with van der Waals surface area (Å²) in [6, 6.07) is 7.83. The van der Waals surface area contributed by atoms with E-state index in [-0.39, 0.29) is 5.88 Å². The summed E-state index contributed by atoms with van der Waals surface area (Å²) in [6.45, 7) is 3.90. The number of rotatable bonds is 2. The summed E-state index contributed by atoms with van der Waals surface area (Å²) in [4.78, 5) is 5.25. The van der Waals surface area contributed by atoms with Gasteiger partial charge >= 0.3 is 0 Å². The van der Waals surface area contributed by atoms with Crippen LogP contribution in [0.4, 0.5) is 0 Å². The van der Waals surface area contributed by atoms with Crippen LogP contribution in [0.1, 0.15) is 5.56 Å². The average Bonchev–Trinajstić information content (AvgIpc) is 2.74. The third kappa shape index (κ3) is 2.42. The molecule has 100 valence electrons. The number of likely N-dealkylation sites (N-methyl/N-ethyl adjacent to an activating group) is 1. The number of para-hydroxylation sites is 1. The number of hydrogen-bond donors (Lipinski definition) is 2. The Morgan fingerprint density at radius 3 is 2.74 bits per heavy atom. The standard InChI is InChI=1S/C14H18N4O/c1-17-6-8-18(9-7-17)15-10-12-11-4-2-3-5-13(11)16-14(12)19/h2-5,10,16,19H,6-9H2,1H3/b15-10+. The number of nitrogens with one attached hydrogen (secondary N) is 1. The topological polar surface area (TPSA) is 54.9 Å². The summed E-state index contributed by atoms with van der Waals surface area (Å²) in [6.07, 6.45) is 1.75. The molecule has 0 amide bonds. The Hall–Kier alpha value is -2.01. The minimum Gasteiger partial charge on any atom is -0.494 e. The van der Waals surface area contributed by atoms with Gasteiger partial charge in [-0.15, -0.1) is 0 Å². The lowest BCUT2D eigenvalue weighted by atomic mass is 10.2. The maximum Gasteiger partial charge on any atom is 0.198 e. The summed E-state index contributed by atoms with van der Waals surface area (Å²) >= 11 is 0. The molecule has 1 fully saturated rings. The van der Waals surface area contributed by atoms with Gasteiger partial charge in [-0.1, -0.05) is 18.2 Å². The van der Waals surface area contributed by atoms with E-state index in [1.54, 1.807) is 6.21 Å². The van der Waals surface area contributed by atoms with Crippen LogP contribution in [0.25, 0.3) is 10.9 Å². The summed E-state index contributed by atoms with van der Waals surface area (Å²) in [7, 11) is 2.12. The molecule has 3 rings (SSSR count). The number of benzene rings is 1. The first kappa shape index (κ1) is 12.0. The molecule has 0 spiro atoms. The largest absolute Gasteiger partial charge is 0.494 e. The second-order valence-corrected chi connectivity index (χ2v) is 4.93. The fourth-order valence-electron chi connectivity index (χ4n) is 2.33. The van der Waals surface area contributed by atoms with Crippen molar-refractivity contribution in [1.82, 2.24) is 14.9 Å².